The average molecular weight is 428 g/mol. The highest BCUT2D eigenvalue weighted by atomic mass is 35.5. The standard InChI is InChI=1S/C18H13Cl2F6N/c19-13-6-12(7-14(20)8-13)15(17(21,22)23)4-2-10-1-3-11(9-27)16(5-10)18(24,25)26/h1-8,15H,9,27H2. The maximum Gasteiger partial charge on any atom is 0.416 e. The van der Waals surface area contributed by atoms with Crippen LogP contribution in [0.15, 0.2) is 42.5 Å². The molecule has 0 saturated heterocycles. The number of rotatable bonds is 4. The number of halogens is 8. The van der Waals surface area contributed by atoms with Crippen molar-refractivity contribution in [3.05, 3.63) is 74.8 Å². The summed E-state index contributed by atoms with van der Waals surface area (Å²) in [5.41, 5.74) is 3.90. The molecule has 0 aromatic heterocycles. The molecule has 9 heteroatoms. The lowest BCUT2D eigenvalue weighted by Gasteiger charge is -2.18. The number of hydrogen-bond acceptors (Lipinski definition) is 1. The van der Waals surface area contributed by atoms with Gasteiger partial charge in [0, 0.05) is 16.6 Å². The molecule has 0 bridgehead atoms. The average Bonchev–Trinajstić information content (AvgIpc) is 2.52. The number of alkyl halides is 6. The predicted molar refractivity (Wildman–Crippen MR) is 93.6 cm³/mol. The smallest absolute Gasteiger partial charge is 0.326 e. The molecule has 2 rings (SSSR count). The summed E-state index contributed by atoms with van der Waals surface area (Å²) in [6.45, 7) is -0.342. The molecule has 0 fully saturated rings. The summed E-state index contributed by atoms with van der Waals surface area (Å²) in [6, 6.07) is 6.67. The molecule has 0 spiro atoms. The fraction of sp³-hybridized carbons (Fsp3) is 0.222. The molecule has 0 saturated carbocycles. The second-order valence-electron chi connectivity index (χ2n) is 5.70. The van der Waals surface area contributed by atoms with Crippen molar-refractivity contribution in [1.82, 2.24) is 0 Å². The summed E-state index contributed by atoms with van der Waals surface area (Å²) < 4.78 is 79.5. The second-order valence-corrected chi connectivity index (χ2v) is 6.57. The molecule has 1 unspecified atom stereocenters. The van der Waals surface area contributed by atoms with E-state index < -0.39 is 23.8 Å². The molecular weight excluding hydrogens is 415 g/mol. The summed E-state index contributed by atoms with van der Waals surface area (Å²) in [5, 5.41) is 0.0404. The van der Waals surface area contributed by atoms with E-state index in [4.69, 9.17) is 28.9 Å². The fourth-order valence-electron chi connectivity index (χ4n) is 2.51. The molecule has 2 aromatic rings. The van der Waals surface area contributed by atoms with Crippen LogP contribution in [0.4, 0.5) is 26.3 Å². The number of benzene rings is 2. The van der Waals surface area contributed by atoms with Gasteiger partial charge in [0.05, 0.1) is 11.5 Å². The van der Waals surface area contributed by atoms with Crippen molar-refractivity contribution in [3.8, 4) is 0 Å². The minimum Gasteiger partial charge on any atom is -0.326 e. The van der Waals surface area contributed by atoms with Crippen LogP contribution in [0.5, 0.6) is 0 Å². The van der Waals surface area contributed by atoms with E-state index in [0.717, 1.165) is 36.4 Å². The molecule has 2 aromatic carbocycles. The summed E-state index contributed by atoms with van der Waals surface area (Å²) in [4.78, 5) is 0. The zero-order valence-electron chi connectivity index (χ0n) is 13.5. The van der Waals surface area contributed by atoms with Gasteiger partial charge in [0.25, 0.3) is 0 Å². The highest BCUT2D eigenvalue weighted by molar-refractivity contribution is 6.34. The monoisotopic (exact) mass is 427 g/mol. The van der Waals surface area contributed by atoms with Gasteiger partial charge in [-0.2, -0.15) is 26.3 Å². The van der Waals surface area contributed by atoms with E-state index in [9.17, 15) is 26.3 Å². The van der Waals surface area contributed by atoms with Crippen LogP contribution in [0.2, 0.25) is 10.0 Å². The molecule has 0 aliphatic heterocycles. The molecule has 0 radical (unpaired) electrons. The molecule has 0 amide bonds. The molecule has 1 atom stereocenters. The lowest BCUT2D eigenvalue weighted by Crippen LogP contribution is -2.19. The molecule has 0 heterocycles. The Morgan fingerprint density at radius 3 is 2.00 bits per heavy atom. The first-order chi connectivity index (χ1) is 12.4. The molecule has 27 heavy (non-hydrogen) atoms. The topological polar surface area (TPSA) is 26.0 Å². The van der Waals surface area contributed by atoms with Crippen LogP contribution in [0, 0.1) is 0 Å². The van der Waals surface area contributed by atoms with Crippen LogP contribution in [-0.4, -0.2) is 6.18 Å². The predicted octanol–water partition coefficient (Wildman–Crippen LogP) is 6.83. The number of allylic oxidation sites excluding steroid dienone is 1. The zero-order chi connectivity index (χ0) is 20.4. The number of hydrogen-bond donors (Lipinski definition) is 1. The third-order valence-corrected chi connectivity index (χ3v) is 4.17. The van der Waals surface area contributed by atoms with E-state index in [2.05, 4.69) is 0 Å². The van der Waals surface area contributed by atoms with Crippen molar-refractivity contribution in [2.75, 3.05) is 0 Å². The first-order valence-electron chi connectivity index (χ1n) is 7.53. The zero-order valence-corrected chi connectivity index (χ0v) is 15.0. The molecular formula is C18H13Cl2F6N. The first kappa shape index (κ1) is 21.6. The maximum absolute atomic E-state index is 13.4. The first-order valence-corrected chi connectivity index (χ1v) is 8.28. The van der Waals surface area contributed by atoms with Crippen LogP contribution >= 0.6 is 23.2 Å². The highest BCUT2D eigenvalue weighted by Crippen LogP contribution is 2.39. The molecule has 1 nitrogen and oxygen atoms in total. The van der Waals surface area contributed by atoms with Gasteiger partial charge in [0.15, 0.2) is 0 Å². The Kier molecular flexibility index (Phi) is 6.50. The van der Waals surface area contributed by atoms with Gasteiger partial charge in [-0.25, -0.2) is 0 Å². The Labute approximate surface area is 161 Å². The molecule has 2 N–H and O–H groups in total. The largest absolute Gasteiger partial charge is 0.416 e. The van der Waals surface area contributed by atoms with Crippen LogP contribution in [0.25, 0.3) is 6.08 Å². The Morgan fingerprint density at radius 1 is 0.926 bits per heavy atom. The van der Waals surface area contributed by atoms with Gasteiger partial charge in [-0.3, -0.25) is 0 Å². The van der Waals surface area contributed by atoms with Crippen molar-refractivity contribution in [3.63, 3.8) is 0 Å². The van der Waals surface area contributed by atoms with Gasteiger partial charge in [-0.1, -0.05) is 47.5 Å². The maximum atomic E-state index is 13.4. The number of nitrogens with two attached hydrogens (primary N) is 1. The minimum atomic E-state index is -4.69. The van der Waals surface area contributed by atoms with Crippen LogP contribution in [0.1, 0.15) is 28.2 Å². The van der Waals surface area contributed by atoms with E-state index in [1.165, 1.54) is 12.1 Å². The van der Waals surface area contributed by atoms with E-state index in [1.807, 2.05) is 0 Å². The van der Waals surface area contributed by atoms with Crippen molar-refractivity contribution < 1.29 is 26.3 Å². The van der Waals surface area contributed by atoms with E-state index in [-0.39, 0.29) is 33.3 Å². The summed E-state index contributed by atoms with van der Waals surface area (Å²) in [6.07, 6.45) is -7.61. The van der Waals surface area contributed by atoms with E-state index in [1.54, 1.807) is 0 Å². The van der Waals surface area contributed by atoms with Gasteiger partial charge in [0.2, 0.25) is 0 Å². The summed E-state index contributed by atoms with van der Waals surface area (Å²) in [5.74, 6) is -2.09. The third-order valence-electron chi connectivity index (χ3n) is 3.74. The Morgan fingerprint density at radius 2 is 1.52 bits per heavy atom. The van der Waals surface area contributed by atoms with E-state index >= 15 is 0 Å². The molecule has 0 aliphatic rings. The SMILES string of the molecule is NCc1ccc(C=CC(c2cc(Cl)cc(Cl)c2)C(F)(F)F)cc1C(F)(F)F. The van der Waals surface area contributed by atoms with Gasteiger partial charge >= 0.3 is 12.4 Å². The molecule has 0 aliphatic carbocycles. The fourth-order valence-corrected chi connectivity index (χ4v) is 3.05. The van der Waals surface area contributed by atoms with Crippen molar-refractivity contribution in [2.45, 2.75) is 24.8 Å². The second kappa shape index (κ2) is 8.12. The summed E-state index contributed by atoms with van der Waals surface area (Å²) >= 11 is 11.5. The van der Waals surface area contributed by atoms with Crippen LogP contribution < -0.4 is 5.73 Å². The van der Waals surface area contributed by atoms with Gasteiger partial charge in [-0.05, 0) is 41.0 Å². The van der Waals surface area contributed by atoms with Crippen LogP contribution in [0.3, 0.4) is 0 Å². The van der Waals surface area contributed by atoms with Crippen molar-refractivity contribution in [1.29, 1.82) is 0 Å². The quantitative estimate of drug-likeness (QED) is 0.531. The van der Waals surface area contributed by atoms with E-state index in [0.29, 0.717) is 0 Å². The summed E-state index contributed by atoms with van der Waals surface area (Å²) in [7, 11) is 0. The Balaban J connectivity index is 2.45. The lowest BCUT2D eigenvalue weighted by atomic mass is 9.96. The van der Waals surface area contributed by atoms with Crippen molar-refractivity contribution in [2.24, 2.45) is 5.73 Å². The normalized spacial score (nSPS) is 14.0. The third kappa shape index (κ3) is 5.64. The molecule has 146 valence electrons. The van der Waals surface area contributed by atoms with Crippen LogP contribution in [-0.2, 0) is 12.7 Å². The highest BCUT2D eigenvalue weighted by Gasteiger charge is 2.39. The Hall–Kier alpha value is -1.70. The Bertz CT molecular complexity index is 822. The van der Waals surface area contributed by atoms with Gasteiger partial charge < -0.3 is 5.73 Å². The van der Waals surface area contributed by atoms with Gasteiger partial charge in [-0.15, -0.1) is 0 Å². The lowest BCUT2D eigenvalue weighted by molar-refractivity contribution is -0.140. The van der Waals surface area contributed by atoms with Gasteiger partial charge in [0.1, 0.15) is 0 Å². The van der Waals surface area contributed by atoms with Crippen molar-refractivity contribution >= 4 is 29.3 Å². The minimum absolute atomic E-state index is 0.0202.